The monoisotopic (exact) mass is 301 g/mol. The number of rotatable bonds is 3. The van der Waals surface area contributed by atoms with Gasteiger partial charge in [0, 0.05) is 19.2 Å². The van der Waals surface area contributed by atoms with Crippen LogP contribution in [0.15, 0.2) is 36.5 Å². The fourth-order valence-electron chi connectivity index (χ4n) is 2.93. The van der Waals surface area contributed by atoms with Gasteiger partial charge in [0.1, 0.15) is 11.4 Å². The molecular weight excluding hydrogens is 282 g/mol. The maximum atomic E-state index is 12.6. The Bertz CT molecular complexity index is 671. The minimum absolute atomic E-state index is 0.0546. The van der Waals surface area contributed by atoms with Gasteiger partial charge in [-0.3, -0.25) is 9.89 Å². The molecule has 0 aliphatic carbocycles. The van der Waals surface area contributed by atoms with Crippen LogP contribution in [0.2, 0.25) is 0 Å². The number of aromatic amines is 1. The number of carbonyl (C=O) groups excluding carboxylic acids is 1. The first kappa shape index (κ1) is 14.6. The molecule has 3 rings (SSSR count). The van der Waals surface area contributed by atoms with Crippen LogP contribution in [0.1, 0.15) is 30.5 Å². The Kier molecular flexibility index (Phi) is 3.62. The zero-order valence-electron chi connectivity index (χ0n) is 12.4. The van der Waals surface area contributed by atoms with Gasteiger partial charge >= 0.3 is 0 Å². The lowest BCUT2D eigenvalue weighted by Crippen LogP contribution is -2.36. The molecular formula is C16H19N3O3. The maximum absolute atomic E-state index is 12.6. The molecule has 1 aliphatic rings. The number of phenols is 1. The summed E-state index contributed by atoms with van der Waals surface area (Å²) in [6.07, 6.45) is 2.07. The molecule has 3 N–H and O–H groups in total. The lowest BCUT2D eigenvalue weighted by atomic mass is 9.98. The number of nitrogens with zero attached hydrogens (tertiary/aromatic N) is 2. The standard InChI is InChI=1S/C16H19N3O3/c1-11(12-3-2-4-13(20)9-12)15(21)19-8-6-16(22,10-19)14-5-7-17-18-14/h2-5,7,9,11,20,22H,6,8,10H2,1H3,(H,17,18). The second-order valence-corrected chi connectivity index (χ2v) is 5.83. The van der Waals surface area contributed by atoms with Crippen LogP contribution in [0.3, 0.4) is 0 Å². The molecule has 1 fully saturated rings. The topological polar surface area (TPSA) is 89.5 Å². The van der Waals surface area contributed by atoms with E-state index in [9.17, 15) is 15.0 Å². The van der Waals surface area contributed by atoms with Crippen LogP contribution in [0.25, 0.3) is 0 Å². The molecule has 6 nitrogen and oxygen atoms in total. The van der Waals surface area contributed by atoms with Crippen LogP contribution in [-0.4, -0.2) is 44.3 Å². The molecule has 1 saturated heterocycles. The molecule has 0 bridgehead atoms. The first-order valence-corrected chi connectivity index (χ1v) is 7.29. The minimum atomic E-state index is -1.06. The summed E-state index contributed by atoms with van der Waals surface area (Å²) in [4.78, 5) is 14.3. The highest BCUT2D eigenvalue weighted by Crippen LogP contribution is 2.32. The van der Waals surface area contributed by atoms with Gasteiger partial charge in [0.05, 0.1) is 18.2 Å². The number of likely N-dealkylation sites (tertiary alicyclic amines) is 1. The zero-order chi connectivity index (χ0) is 15.7. The number of aromatic nitrogens is 2. The van der Waals surface area contributed by atoms with Gasteiger partial charge < -0.3 is 15.1 Å². The van der Waals surface area contributed by atoms with E-state index < -0.39 is 5.60 Å². The minimum Gasteiger partial charge on any atom is -0.508 e. The molecule has 1 aromatic heterocycles. The van der Waals surface area contributed by atoms with Crippen LogP contribution >= 0.6 is 0 Å². The third-order valence-corrected chi connectivity index (χ3v) is 4.30. The molecule has 22 heavy (non-hydrogen) atoms. The van der Waals surface area contributed by atoms with E-state index in [0.29, 0.717) is 18.7 Å². The van der Waals surface area contributed by atoms with Crippen molar-refractivity contribution in [2.24, 2.45) is 0 Å². The van der Waals surface area contributed by atoms with E-state index in [1.54, 1.807) is 35.4 Å². The Morgan fingerprint density at radius 2 is 2.27 bits per heavy atom. The fraction of sp³-hybridized carbons (Fsp3) is 0.375. The number of hydrogen-bond donors (Lipinski definition) is 3. The number of carbonyl (C=O) groups is 1. The Labute approximate surface area is 128 Å². The van der Waals surface area contributed by atoms with Crippen molar-refractivity contribution in [1.29, 1.82) is 0 Å². The SMILES string of the molecule is CC(C(=O)N1CCC(O)(c2ccn[nH]2)C1)c1cccc(O)c1. The third kappa shape index (κ3) is 2.57. The number of H-pyrrole nitrogens is 1. The van der Waals surface area contributed by atoms with E-state index in [1.165, 1.54) is 0 Å². The smallest absolute Gasteiger partial charge is 0.229 e. The second kappa shape index (κ2) is 5.46. The number of amides is 1. The summed E-state index contributed by atoms with van der Waals surface area (Å²) in [7, 11) is 0. The number of hydrogen-bond acceptors (Lipinski definition) is 4. The maximum Gasteiger partial charge on any atom is 0.229 e. The quantitative estimate of drug-likeness (QED) is 0.798. The van der Waals surface area contributed by atoms with Crippen molar-refractivity contribution in [1.82, 2.24) is 15.1 Å². The molecule has 0 saturated carbocycles. The first-order valence-electron chi connectivity index (χ1n) is 7.29. The summed E-state index contributed by atoms with van der Waals surface area (Å²) in [6, 6.07) is 8.44. The van der Waals surface area contributed by atoms with Gasteiger partial charge in [-0.1, -0.05) is 12.1 Å². The Morgan fingerprint density at radius 3 is 2.95 bits per heavy atom. The van der Waals surface area contributed by atoms with Gasteiger partial charge in [-0.05, 0) is 30.7 Å². The molecule has 1 amide bonds. The van der Waals surface area contributed by atoms with Crippen LogP contribution < -0.4 is 0 Å². The van der Waals surface area contributed by atoms with Gasteiger partial charge in [-0.2, -0.15) is 5.10 Å². The molecule has 6 heteroatoms. The molecule has 2 aromatic rings. The molecule has 1 aliphatic heterocycles. The van der Waals surface area contributed by atoms with E-state index >= 15 is 0 Å². The van der Waals surface area contributed by atoms with Crippen molar-refractivity contribution < 1.29 is 15.0 Å². The Hall–Kier alpha value is -2.34. The van der Waals surface area contributed by atoms with Crippen LogP contribution in [0, 0.1) is 0 Å². The average molecular weight is 301 g/mol. The van der Waals surface area contributed by atoms with Crippen molar-refractivity contribution in [3.63, 3.8) is 0 Å². The van der Waals surface area contributed by atoms with Crippen LogP contribution in [-0.2, 0) is 10.4 Å². The fourth-order valence-corrected chi connectivity index (χ4v) is 2.93. The van der Waals surface area contributed by atoms with Gasteiger partial charge in [0.2, 0.25) is 5.91 Å². The Morgan fingerprint density at radius 1 is 1.45 bits per heavy atom. The number of aliphatic hydroxyl groups is 1. The summed E-state index contributed by atoms with van der Waals surface area (Å²) < 4.78 is 0. The van der Waals surface area contributed by atoms with E-state index in [4.69, 9.17) is 0 Å². The van der Waals surface area contributed by atoms with Crippen molar-refractivity contribution in [3.8, 4) is 5.75 Å². The van der Waals surface area contributed by atoms with E-state index in [2.05, 4.69) is 10.2 Å². The lowest BCUT2D eigenvalue weighted by molar-refractivity contribution is -0.132. The molecule has 2 atom stereocenters. The molecule has 0 spiro atoms. The highest BCUT2D eigenvalue weighted by atomic mass is 16.3. The lowest BCUT2D eigenvalue weighted by Gasteiger charge is -2.24. The van der Waals surface area contributed by atoms with Gasteiger partial charge in [0.25, 0.3) is 0 Å². The summed E-state index contributed by atoms with van der Waals surface area (Å²) in [5.74, 6) is -0.273. The van der Waals surface area contributed by atoms with Crippen molar-refractivity contribution in [2.75, 3.05) is 13.1 Å². The normalized spacial score (nSPS) is 22.7. The summed E-state index contributed by atoms with van der Waals surface area (Å²) in [5.41, 5.74) is 0.333. The molecule has 1 aromatic carbocycles. The number of benzene rings is 1. The van der Waals surface area contributed by atoms with Gasteiger partial charge in [-0.25, -0.2) is 0 Å². The summed E-state index contributed by atoms with van der Waals surface area (Å²) in [6.45, 7) is 2.55. The Balaban J connectivity index is 1.74. The van der Waals surface area contributed by atoms with Crippen molar-refractivity contribution >= 4 is 5.91 Å². The molecule has 2 heterocycles. The largest absolute Gasteiger partial charge is 0.508 e. The molecule has 0 radical (unpaired) electrons. The van der Waals surface area contributed by atoms with Crippen molar-refractivity contribution in [2.45, 2.75) is 24.9 Å². The van der Waals surface area contributed by atoms with Crippen molar-refractivity contribution in [3.05, 3.63) is 47.8 Å². The average Bonchev–Trinajstić information content (AvgIpc) is 3.16. The third-order valence-electron chi connectivity index (χ3n) is 4.30. The number of β-amino-alcohol motifs (C(OH)–C–C–N with tert-alkyl or cyclic N) is 1. The highest BCUT2D eigenvalue weighted by molar-refractivity contribution is 5.83. The number of nitrogens with one attached hydrogen (secondary N) is 1. The number of aromatic hydroxyl groups is 1. The van der Waals surface area contributed by atoms with Gasteiger partial charge in [-0.15, -0.1) is 0 Å². The summed E-state index contributed by atoms with van der Waals surface area (Å²) in [5, 5.41) is 26.8. The second-order valence-electron chi connectivity index (χ2n) is 5.83. The number of phenolic OH excluding ortho intramolecular Hbond substituents is 1. The highest BCUT2D eigenvalue weighted by Gasteiger charge is 2.41. The predicted molar refractivity (Wildman–Crippen MR) is 80.2 cm³/mol. The van der Waals surface area contributed by atoms with Crippen LogP contribution in [0.5, 0.6) is 5.75 Å². The molecule has 2 unspecified atom stereocenters. The van der Waals surface area contributed by atoms with E-state index in [1.807, 2.05) is 13.0 Å². The van der Waals surface area contributed by atoms with E-state index in [0.717, 1.165) is 5.56 Å². The van der Waals surface area contributed by atoms with E-state index in [-0.39, 0.29) is 24.1 Å². The van der Waals surface area contributed by atoms with Crippen LogP contribution in [0.4, 0.5) is 0 Å². The molecule has 116 valence electrons. The summed E-state index contributed by atoms with van der Waals surface area (Å²) >= 11 is 0. The first-order chi connectivity index (χ1) is 10.5. The van der Waals surface area contributed by atoms with Gasteiger partial charge in [0.15, 0.2) is 0 Å². The predicted octanol–water partition coefficient (Wildman–Crippen LogP) is 1.34. The zero-order valence-corrected chi connectivity index (χ0v) is 12.4.